The van der Waals surface area contributed by atoms with Gasteiger partial charge in [0.25, 0.3) is 0 Å². The fourth-order valence-electron chi connectivity index (χ4n) is 3.30. The predicted octanol–water partition coefficient (Wildman–Crippen LogP) is 1.59. The van der Waals surface area contributed by atoms with E-state index in [9.17, 15) is 4.79 Å². The number of nitrogens with one attached hydrogen (secondary N) is 3. The van der Waals surface area contributed by atoms with Crippen LogP contribution in [0.3, 0.4) is 0 Å². The Balaban J connectivity index is 2.27. The van der Waals surface area contributed by atoms with E-state index in [1.54, 1.807) is 0 Å². The molecular weight excluding hydrogens is 342 g/mol. The Labute approximate surface area is 165 Å². The molecule has 0 radical (unpaired) electrons. The first-order valence-electron chi connectivity index (χ1n) is 10.6. The molecule has 0 bridgehead atoms. The summed E-state index contributed by atoms with van der Waals surface area (Å²) in [5, 5.41) is 9.87. The van der Waals surface area contributed by atoms with Gasteiger partial charge in [-0.15, -0.1) is 0 Å². The Morgan fingerprint density at radius 3 is 2.44 bits per heavy atom. The van der Waals surface area contributed by atoms with Gasteiger partial charge in [0.15, 0.2) is 5.96 Å². The Morgan fingerprint density at radius 1 is 1.19 bits per heavy atom. The number of guanidine groups is 1. The highest BCUT2D eigenvalue weighted by atomic mass is 16.5. The molecule has 1 rings (SSSR count). The standard InChI is InChI=1S/C20H41N5O2/c1-6-11-22-19(26)15-25-13-9-17(10-14-25)24-20(21-5)23-12-8-18(16(3)4)27-7-2/h16-18H,6-15H2,1-5H3,(H,22,26)(H2,21,23,24). The number of carbonyl (C=O) groups is 1. The molecule has 7 nitrogen and oxygen atoms in total. The van der Waals surface area contributed by atoms with E-state index >= 15 is 0 Å². The molecule has 1 unspecified atom stereocenters. The van der Waals surface area contributed by atoms with Crippen LogP contribution in [-0.4, -0.2) is 75.3 Å². The summed E-state index contributed by atoms with van der Waals surface area (Å²) in [5.74, 6) is 1.50. The molecule has 0 aliphatic carbocycles. The van der Waals surface area contributed by atoms with Gasteiger partial charge in [-0.2, -0.15) is 0 Å². The van der Waals surface area contributed by atoms with Gasteiger partial charge >= 0.3 is 0 Å². The summed E-state index contributed by atoms with van der Waals surface area (Å²) in [7, 11) is 1.81. The highest BCUT2D eigenvalue weighted by molar-refractivity contribution is 5.80. The number of rotatable bonds is 11. The van der Waals surface area contributed by atoms with Crippen molar-refractivity contribution >= 4 is 11.9 Å². The third kappa shape index (κ3) is 9.96. The Kier molecular flexibility index (Phi) is 12.1. The normalized spacial score (nSPS) is 17.8. The second kappa shape index (κ2) is 13.8. The largest absolute Gasteiger partial charge is 0.378 e. The van der Waals surface area contributed by atoms with E-state index in [0.29, 0.717) is 18.5 Å². The summed E-state index contributed by atoms with van der Waals surface area (Å²) in [4.78, 5) is 18.4. The number of piperidine rings is 1. The summed E-state index contributed by atoms with van der Waals surface area (Å²) < 4.78 is 5.80. The monoisotopic (exact) mass is 383 g/mol. The molecule has 1 aliphatic heterocycles. The maximum atomic E-state index is 11.8. The molecule has 0 spiro atoms. The van der Waals surface area contributed by atoms with E-state index in [1.165, 1.54) is 0 Å². The van der Waals surface area contributed by atoms with Gasteiger partial charge in [-0.05, 0) is 38.5 Å². The third-order valence-electron chi connectivity index (χ3n) is 4.94. The molecule has 27 heavy (non-hydrogen) atoms. The smallest absolute Gasteiger partial charge is 0.234 e. The molecule has 0 saturated carbocycles. The average Bonchev–Trinajstić information content (AvgIpc) is 2.66. The SMILES string of the molecule is CCCNC(=O)CN1CCC(NC(=NC)NCCC(OCC)C(C)C)CC1. The van der Waals surface area contributed by atoms with Crippen LogP contribution in [0, 0.1) is 5.92 Å². The Morgan fingerprint density at radius 2 is 1.89 bits per heavy atom. The number of amides is 1. The quantitative estimate of drug-likeness (QED) is 0.373. The maximum absolute atomic E-state index is 11.8. The molecule has 158 valence electrons. The van der Waals surface area contributed by atoms with E-state index < -0.39 is 0 Å². The van der Waals surface area contributed by atoms with Crippen molar-refractivity contribution in [1.82, 2.24) is 20.9 Å². The van der Waals surface area contributed by atoms with Crippen molar-refractivity contribution in [3.05, 3.63) is 0 Å². The molecule has 0 aromatic carbocycles. The van der Waals surface area contributed by atoms with E-state index in [2.05, 4.69) is 46.6 Å². The van der Waals surface area contributed by atoms with Crippen molar-refractivity contribution in [2.45, 2.75) is 65.5 Å². The topological polar surface area (TPSA) is 78.0 Å². The lowest BCUT2D eigenvalue weighted by atomic mass is 10.0. The summed E-state index contributed by atoms with van der Waals surface area (Å²) in [6.07, 6.45) is 4.27. The zero-order valence-corrected chi connectivity index (χ0v) is 18.0. The second-order valence-corrected chi connectivity index (χ2v) is 7.57. The average molecular weight is 384 g/mol. The molecular formula is C20H41N5O2. The van der Waals surface area contributed by atoms with Crippen LogP contribution in [-0.2, 0) is 9.53 Å². The van der Waals surface area contributed by atoms with Gasteiger partial charge < -0.3 is 20.7 Å². The van der Waals surface area contributed by atoms with Gasteiger partial charge in [0, 0.05) is 45.9 Å². The molecule has 1 atom stereocenters. The maximum Gasteiger partial charge on any atom is 0.234 e. The van der Waals surface area contributed by atoms with Crippen molar-refractivity contribution in [3.8, 4) is 0 Å². The Hall–Kier alpha value is -1.34. The number of nitrogens with zero attached hydrogens (tertiary/aromatic N) is 2. The van der Waals surface area contributed by atoms with Crippen molar-refractivity contribution in [2.75, 3.05) is 46.4 Å². The lowest BCUT2D eigenvalue weighted by Crippen LogP contribution is -2.50. The molecule has 3 N–H and O–H groups in total. The van der Waals surface area contributed by atoms with Crippen LogP contribution in [0.2, 0.25) is 0 Å². The number of likely N-dealkylation sites (tertiary alicyclic amines) is 1. The van der Waals surface area contributed by atoms with Crippen LogP contribution < -0.4 is 16.0 Å². The zero-order chi connectivity index (χ0) is 20.1. The highest BCUT2D eigenvalue weighted by Gasteiger charge is 2.21. The summed E-state index contributed by atoms with van der Waals surface area (Å²) in [6, 6.07) is 0.402. The first-order valence-corrected chi connectivity index (χ1v) is 10.6. The van der Waals surface area contributed by atoms with E-state index in [4.69, 9.17) is 4.74 Å². The van der Waals surface area contributed by atoms with Crippen LogP contribution in [0.4, 0.5) is 0 Å². The van der Waals surface area contributed by atoms with E-state index in [-0.39, 0.29) is 12.0 Å². The van der Waals surface area contributed by atoms with Crippen molar-refractivity contribution in [3.63, 3.8) is 0 Å². The molecule has 1 saturated heterocycles. The van der Waals surface area contributed by atoms with Gasteiger partial charge in [-0.3, -0.25) is 14.7 Å². The van der Waals surface area contributed by atoms with Crippen LogP contribution in [0.25, 0.3) is 0 Å². The predicted molar refractivity (Wildman–Crippen MR) is 112 cm³/mol. The number of carbonyl (C=O) groups excluding carboxylic acids is 1. The van der Waals surface area contributed by atoms with E-state index in [1.807, 2.05) is 14.0 Å². The molecule has 0 aromatic heterocycles. The fraction of sp³-hybridized carbons (Fsp3) is 0.900. The molecule has 1 heterocycles. The first kappa shape index (κ1) is 23.7. The molecule has 1 amide bonds. The van der Waals surface area contributed by atoms with Crippen LogP contribution in [0.5, 0.6) is 0 Å². The lowest BCUT2D eigenvalue weighted by molar-refractivity contribution is -0.122. The summed E-state index contributed by atoms with van der Waals surface area (Å²) in [6.45, 7) is 13.3. The first-order chi connectivity index (χ1) is 13.0. The van der Waals surface area contributed by atoms with Crippen molar-refractivity contribution in [1.29, 1.82) is 0 Å². The summed E-state index contributed by atoms with van der Waals surface area (Å²) in [5.41, 5.74) is 0. The molecule has 1 aliphatic rings. The van der Waals surface area contributed by atoms with Gasteiger partial charge in [0.2, 0.25) is 5.91 Å². The van der Waals surface area contributed by atoms with Gasteiger partial charge in [-0.25, -0.2) is 0 Å². The summed E-state index contributed by atoms with van der Waals surface area (Å²) >= 11 is 0. The zero-order valence-electron chi connectivity index (χ0n) is 18.0. The third-order valence-corrected chi connectivity index (χ3v) is 4.94. The minimum Gasteiger partial charge on any atom is -0.378 e. The second-order valence-electron chi connectivity index (χ2n) is 7.57. The van der Waals surface area contributed by atoms with Crippen molar-refractivity contribution < 1.29 is 9.53 Å². The number of hydrogen-bond acceptors (Lipinski definition) is 4. The van der Waals surface area contributed by atoms with Gasteiger partial charge in [-0.1, -0.05) is 20.8 Å². The van der Waals surface area contributed by atoms with E-state index in [0.717, 1.165) is 64.4 Å². The van der Waals surface area contributed by atoms with Crippen LogP contribution >= 0.6 is 0 Å². The van der Waals surface area contributed by atoms with Crippen LogP contribution in [0.15, 0.2) is 4.99 Å². The molecule has 0 aromatic rings. The lowest BCUT2D eigenvalue weighted by Gasteiger charge is -2.32. The number of aliphatic imine (C=N–C) groups is 1. The van der Waals surface area contributed by atoms with Gasteiger partial charge in [0.05, 0.1) is 12.6 Å². The number of hydrogen-bond donors (Lipinski definition) is 3. The molecule has 7 heteroatoms. The van der Waals surface area contributed by atoms with Crippen molar-refractivity contribution in [2.24, 2.45) is 10.9 Å². The van der Waals surface area contributed by atoms with Crippen LogP contribution in [0.1, 0.15) is 53.4 Å². The fourth-order valence-corrected chi connectivity index (χ4v) is 3.30. The minimum absolute atomic E-state index is 0.134. The number of ether oxygens (including phenoxy) is 1. The van der Waals surface area contributed by atoms with Gasteiger partial charge in [0.1, 0.15) is 0 Å². The highest BCUT2D eigenvalue weighted by Crippen LogP contribution is 2.11. The minimum atomic E-state index is 0.134. The molecule has 1 fully saturated rings. The Bertz CT molecular complexity index is 434.